The van der Waals surface area contributed by atoms with Crippen LogP contribution in [0.3, 0.4) is 0 Å². The zero-order valence-electron chi connectivity index (χ0n) is 17.0. The molecule has 4 rings (SSSR count). The van der Waals surface area contributed by atoms with E-state index in [-0.39, 0.29) is 11.5 Å². The van der Waals surface area contributed by atoms with E-state index < -0.39 is 11.6 Å². The Morgan fingerprint density at radius 2 is 2.00 bits per heavy atom. The van der Waals surface area contributed by atoms with Gasteiger partial charge in [-0.1, -0.05) is 18.2 Å². The minimum Gasteiger partial charge on any atom is -0.388 e. The second-order valence-corrected chi connectivity index (χ2v) is 8.53. The lowest BCUT2D eigenvalue weighted by atomic mass is 9.75. The molecular weight excluding hydrogens is 368 g/mol. The Kier molecular flexibility index (Phi) is 5.72. The van der Waals surface area contributed by atoms with Gasteiger partial charge in [0.05, 0.1) is 30.4 Å². The van der Waals surface area contributed by atoms with Crippen molar-refractivity contribution in [1.29, 1.82) is 0 Å². The van der Waals surface area contributed by atoms with Crippen LogP contribution in [-0.4, -0.2) is 69.2 Å². The molecule has 2 N–H and O–H groups in total. The standard InChI is InChI=1S/C22H30N4O3/c1-21(28)17-22(8-12-25(13-9-22)14-15-26-11-5-10-23-26)29-16-19(21)24-20(27)18-6-3-2-4-7-18/h2-7,10-11,19,28H,8-9,12-17H2,1H3,(H,24,27)/t19-,21-/m0/s1. The number of benzene rings is 1. The van der Waals surface area contributed by atoms with Crippen molar-refractivity contribution < 1.29 is 14.6 Å². The number of carbonyl (C=O) groups excluding carboxylic acids is 1. The van der Waals surface area contributed by atoms with Crippen molar-refractivity contribution in [1.82, 2.24) is 20.0 Å². The number of aromatic nitrogens is 2. The van der Waals surface area contributed by atoms with E-state index in [1.165, 1.54) is 0 Å². The second kappa shape index (κ2) is 8.26. The summed E-state index contributed by atoms with van der Waals surface area (Å²) in [6.45, 7) is 5.88. The lowest BCUT2D eigenvalue weighted by Gasteiger charge is -2.51. The van der Waals surface area contributed by atoms with Gasteiger partial charge in [-0.3, -0.25) is 9.48 Å². The summed E-state index contributed by atoms with van der Waals surface area (Å²) in [4.78, 5) is 14.9. The van der Waals surface area contributed by atoms with Gasteiger partial charge in [-0.15, -0.1) is 0 Å². The number of aliphatic hydroxyl groups is 1. The van der Waals surface area contributed by atoms with Crippen LogP contribution in [-0.2, 0) is 11.3 Å². The first-order valence-electron chi connectivity index (χ1n) is 10.4. The average Bonchev–Trinajstić information content (AvgIpc) is 3.24. The predicted molar refractivity (Wildman–Crippen MR) is 110 cm³/mol. The van der Waals surface area contributed by atoms with Crippen molar-refractivity contribution in [3.8, 4) is 0 Å². The van der Waals surface area contributed by atoms with Crippen molar-refractivity contribution in [2.45, 2.75) is 50.0 Å². The molecule has 0 aliphatic carbocycles. The molecular formula is C22H30N4O3. The highest BCUT2D eigenvalue weighted by molar-refractivity contribution is 5.94. The number of nitrogens with zero attached hydrogens (tertiary/aromatic N) is 3. The van der Waals surface area contributed by atoms with E-state index in [0.29, 0.717) is 18.6 Å². The van der Waals surface area contributed by atoms with Gasteiger partial charge in [0.2, 0.25) is 0 Å². The fourth-order valence-electron chi connectivity index (χ4n) is 4.48. The Bertz CT molecular complexity index is 799. The maximum absolute atomic E-state index is 12.5. The van der Waals surface area contributed by atoms with E-state index in [1.54, 1.807) is 18.3 Å². The molecule has 1 spiro atoms. The van der Waals surface area contributed by atoms with Gasteiger partial charge in [0.1, 0.15) is 0 Å². The summed E-state index contributed by atoms with van der Waals surface area (Å²) in [5, 5.41) is 18.3. The van der Waals surface area contributed by atoms with Crippen LogP contribution >= 0.6 is 0 Å². The summed E-state index contributed by atoms with van der Waals surface area (Å²) in [5.41, 5.74) is -0.714. The first kappa shape index (κ1) is 20.1. The quantitative estimate of drug-likeness (QED) is 0.801. The summed E-state index contributed by atoms with van der Waals surface area (Å²) >= 11 is 0. The molecule has 2 atom stereocenters. The molecule has 0 saturated carbocycles. The largest absolute Gasteiger partial charge is 0.388 e. The Labute approximate surface area is 171 Å². The minimum atomic E-state index is -1.00. The lowest BCUT2D eigenvalue weighted by Crippen LogP contribution is -2.64. The molecule has 2 fully saturated rings. The molecule has 3 heterocycles. The van der Waals surface area contributed by atoms with Crippen molar-refractivity contribution in [3.05, 3.63) is 54.4 Å². The van der Waals surface area contributed by atoms with E-state index in [9.17, 15) is 9.90 Å². The number of hydrogen-bond donors (Lipinski definition) is 2. The molecule has 0 bridgehead atoms. The maximum atomic E-state index is 12.5. The van der Waals surface area contributed by atoms with E-state index in [1.807, 2.05) is 42.1 Å². The van der Waals surface area contributed by atoms with Gasteiger partial charge < -0.3 is 20.1 Å². The first-order chi connectivity index (χ1) is 14.0. The number of ether oxygens (including phenoxy) is 1. The maximum Gasteiger partial charge on any atom is 0.251 e. The van der Waals surface area contributed by atoms with Gasteiger partial charge in [-0.25, -0.2) is 0 Å². The van der Waals surface area contributed by atoms with E-state index in [2.05, 4.69) is 15.3 Å². The molecule has 2 saturated heterocycles. The summed E-state index contributed by atoms with van der Waals surface area (Å²) in [6, 6.07) is 10.6. The van der Waals surface area contributed by atoms with E-state index in [0.717, 1.165) is 39.0 Å². The molecule has 7 nitrogen and oxygen atoms in total. The van der Waals surface area contributed by atoms with Gasteiger partial charge in [0.25, 0.3) is 5.91 Å². The third kappa shape index (κ3) is 4.69. The predicted octanol–water partition coefficient (Wildman–Crippen LogP) is 1.69. The molecule has 0 radical (unpaired) electrons. The fourth-order valence-corrected chi connectivity index (χ4v) is 4.48. The number of piperidine rings is 1. The third-order valence-electron chi connectivity index (χ3n) is 6.30. The summed E-state index contributed by atoms with van der Waals surface area (Å²) in [5.74, 6) is -0.177. The van der Waals surface area contributed by atoms with Gasteiger partial charge in [0, 0.05) is 44.0 Å². The average molecular weight is 399 g/mol. The normalized spacial score (nSPS) is 27.0. The highest BCUT2D eigenvalue weighted by Crippen LogP contribution is 2.39. The van der Waals surface area contributed by atoms with Crippen molar-refractivity contribution in [2.24, 2.45) is 0 Å². The molecule has 156 valence electrons. The number of hydrogen-bond acceptors (Lipinski definition) is 5. The van der Waals surface area contributed by atoms with Crippen LogP contribution in [0.2, 0.25) is 0 Å². The lowest BCUT2D eigenvalue weighted by molar-refractivity contribution is -0.186. The molecule has 29 heavy (non-hydrogen) atoms. The number of likely N-dealkylation sites (tertiary alicyclic amines) is 1. The van der Waals surface area contributed by atoms with Crippen molar-refractivity contribution in [3.63, 3.8) is 0 Å². The van der Waals surface area contributed by atoms with E-state index >= 15 is 0 Å². The SMILES string of the molecule is C[C@]1(O)CC2(CCN(CCn3cccn3)CC2)OC[C@@H]1NC(=O)c1ccccc1. The minimum absolute atomic E-state index is 0.177. The third-order valence-corrected chi connectivity index (χ3v) is 6.30. The van der Waals surface area contributed by atoms with Gasteiger partial charge in [-0.2, -0.15) is 5.10 Å². The zero-order chi connectivity index (χ0) is 20.3. The van der Waals surface area contributed by atoms with Crippen LogP contribution in [0, 0.1) is 0 Å². The highest BCUT2D eigenvalue weighted by Gasteiger charge is 2.49. The molecule has 2 aromatic rings. The van der Waals surface area contributed by atoms with Crippen LogP contribution in [0.15, 0.2) is 48.8 Å². The zero-order valence-corrected chi connectivity index (χ0v) is 17.0. The van der Waals surface area contributed by atoms with Crippen molar-refractivity contribution >= 4 is 5.91 Å². The summed E-state index contributed by atoms with van der Waals surface area (Å²) in [7, 11) is 0. The summed E-state index contributed by atoms with van der Waals surface area (Å²) in [6.07, 6.45) is 6.10. The van der Waals surface area contributed by atoms with E-state index in [4.69, 9.17) is 4.74 Å². The Morgan fingerprint density at radius 1 is 1.24 bits per heavy atom. The second-order valence-electron chi connectivity index (χ2n) is 8.53. The molecule has 1 aromatic carbocycles. The smallest absolute Gasteiger partial charge is 0.251 e. The first-order valence-corrected chi connectivity index (χ1v) is 10.4. The van der Waals surface area contributed by atoms with Gasteiger partial charge in [-0.05, 0) is 38.0 Å². The van der Waals surface area contributed by atoms with Crippen LogP contribution in [0.1, 0.15) is 36.5 Å². The molecule has 2 aliphatic heterocycles. The molecule has 1 aromatic heterocycles. The molecule has 7 heteroatoms. The van der Waals surface area contributed by atoms with Gasteiger partial charge >= 0.3 is 0 Å². The van der Waals surface area contributed by atoms with Crippen molar-refractivity contribution in [2.75, 3.05) is 26.2 Å². The van der Waals surface area contributed by atoms with Crippen LogP contribution in [0.25, 0.3) is 0 Å². The fraction of sp³-hybridized carbons (Fsp3) is 0.545. The van der Waals surface area contributed by atoms with Crippen LogP contribution < -0.4 is 5.32 Å². The highest BCUT2D eigenvalue weighted by atomic mass is 16.5. The number of amides is 1. The topological polar surface area (TPSA) is 79.6 Å². The Morgan fingerprint density at radius 3 is 2.66 bits per heavy atom. The number of rotatable bonds is 5. The molecule has 1 amide bonds. The Balaban J connectivity index is 1.30. The molecule has 0 unspecified atom stereocenters. The number of carbonyl (C=O) groups is 1. The monoisotopic (exact) mass is 398 g/mol. The summed E-state index contributed by atoms with van der Waals surface area (Å²) < 4.78 is 8.22. The number of nitrogens with one attached hydrogen (secondary N) is 1. The molecule has 2 aliphatic rings. The Hall–Kier alpha value is -2.22. The van der Waals surface area contributed by atoms with Gasteiger partial charge in [0.15, 0.2) is 0 Å². The van der Waals surface area contributed by atoms with Crippen LogP contribution in [0.4, 0.5) is 0 Å². The van der Waals surface area contributed by atoms with Crippen LogP contribution in [0.5, 0.6) is 0 Å².